The summed E-state index contributed by atoms with van der Waals surface area (Å²) in [5.74, 6) is 1.75. The molecular weight excluding hydrogens is 381 g/mol. The van der Waals surface area contributed by atoms with Crippen LogP contribution in [-0.4, -0.2) is 59.3 Å². The van der Waals surface area contributed by atoms with E-state index in [1.807, 2.05) is 20.0 Å². The average Bonchev–Trinajstić information content (AvgIpc) is 3.26. The third-order valence-electron chi connectivity index (χ3n) is 6.03. The molecule has 3 aromatic rings. The number of hydrogen-bond donors (Lipinski definition) is 2. The van der Waals surface area contributed by atoms with Crippen molar-refractivity contribution in [2.24, 2.45) is 9.98 Å². The Morgan fingerprint density at radius 2 is 2.03 bits per heavy atom. The van der Waals surface area contributed by atoms with Crippen molar-refractivity contribution in [2.75, 3.05) is 32.5 Å². The van der Waals surface area contributed by atoms with E-state index in [1.165, 1.54) is 0 Å². The molecule has 0 atom stereocenters. The summed E-state index contributed by atoms with van der Waals surface area (Å²) in [7, 11) is 3.79. The van der Waals surface area contributed by atoms with Crippen molar-refractivity contribution < 1.29 is 4.39 Å². The minimum Gasteiger partial charge on any atom is -0.347 e. The van der Waals surface area contributed by atoms with Gasteiger partial charge in [-0.25, -0.2) is 14.4 Å². The molecule has 2 aromatic heterocycles. The van der Waals surface area contributed by atoms with Crippen molar-refractivity contribution in [3.63, 3.8) is 0 Å². The number of aromatic amines is 1. The monoisotopic (exact) mass is 409 g/mol. The first-order valence-electron chi connectivity index (χ1n) is 10.2. The van der Waals surface area contributed by atoms with Crippen LogP contribution in [0.2, 0.25) is 0 Å². The number of likely N-dealkylation sites (tertiary alicyclic amines) is 1. The van der Waals surface area contributed by atoms with Gasteiger partial charge in [0.05, 0.1) is 5.52 Å². The van der Waals surface area contributed by atoms with Crippen molar-refractivity contribution in [3.8, 4) is 11.1 Å². The summed E-state index contributed by atoms with van der Waals surface area (Å²) in [6.45, 7) is 9.53. The summed E-state index contributed by atoms with van der Waals surface area (Å²) in [4.78, 5) is 18.0. The number of halogens is 1. The minimum absolute atomic E-state index is 0.295. The molecule has 1 aromatic carbocycles. The van der Waals surface area contributed by atoms with Gasteiger partial charge in [0.2, 0.25) is 5.96 Å². The molecule has 0 spiro atoms. The van der Waals surface area contributed by atoms with Crippen molar-refractivity contribution >= 4 is 29.5 Å². The van der Waals surface area contributed by atoms with Gasteiger partial charge in [-0.3, -0.25) is 4.99 Å². The standard InChI is InChI=1S/C22H28FN7/c1-13-17(12-26-21(13)28-22(24-3)25-4)15-10-18(23)20-19(11-15)30(14(2)27-20)16-6-8-29(5)9-7-16/h10-12,16,26H,3,6-9H2,1-2,4-5H3,(H,25,28). The first-order valence-corrected chi connectivity index (χ1v) is 10.2. The zero-order chi connectivity index (χ0) is 21.4. The zero-order valence-corrected chi connectivity index (χ0v) is 18.0. The average molecular weight is 410 g/mol. The third kappa shape index (κ3) is 3.52. The number of anilines is 1. The fourth-order valence-corrected chi connectivity index (χ4v) is 4.34. The Labute approximate surface area is 175 Å². The maximum atomic E-state index is 15.1. The second-order valence-electron chi connectivity index (χ2n) is 7.92. The second kappa shape index (κ2) is 8.02. The maximum Gasteiger partial charge on any atom is 0.222 e. The summed E-state index contributed by atoms with van der Waals surface area (Å²) < 4.78 is 17.3. The Morgan fingerprint density at radius 3 is 2.70 bits per heavy atom. The summed E-state index contributed by atoms with van der Waals surface area (Å²) >= 11 is 0. The van der Waals surface area contributed by atoms with E-state index in [9.17, 15) is 0 Å². The molecule has 0 bridgehead atoms. The highest BCUT2D eigenvalue weighted by molar-refractivity contribution is 5.97. The van der Waals surface area contributed by atoms with E-state index in [4.69, 9.17) is 0 Å². The van der Waals surface area contributed by atoms with Gasteiger partial charge in [0.1, 0.15) is 17.2 Å². The molecule has 158 valence electrons. The van der Waals surface area contributed by atoms with Crippen molar-refractivity contribution in [2.45, 2.75) is 32.7 Å². The SMILES string of the molecule is C=NC(=NC)Nc1[nH]cc(-c2cc(F)c3nc(C)n(C4CCN(C)CC4)c3c2)c1C. The van der Waals surface area contributed by atoms with Crippen LogP contribution in [0, 0.1) is 19.7 Å². The summed E-state index contributed by atoms with van der Waals surface area (Å²) in [5, 5.41) is 3.11. The van der Waals surface area contributed by atoms with Crippen LogP contribution in [0.25, 0.3) is 22.2 Å². The van der Waals surface area contributed by atoms with Crippen LogP contribution in [0.5, 0.6) is 0 Å². The molecule has 0 saturated carbocycles. The number of imidazole rings is 1. The highest BCUT2D eigenvalue weighted by atomic mass is 19.1. The van der Waals surface area contributed by atoms with Gasteiger partial charge in [-0.2, -0.15) is 0 Å². The largest absolute Gasteiger partial charge is 0.347 e. The Morgan fingerprint density at radius 1 is 1.30 bits per heavy atom. The van der Waals surface area contributed by atoms with Gasteiger partial charge in [-0.05, 0) is 76.8 Å². The predicted octanol–water partition coefficient (Wildman–Crippen LogP) is 4.15. The fourth-order valence-electron chi connectivity index (χ4n) is 4.34. The number of guanidine groups is 1. The molecule has 0 aliphatic carbocycles. The van der Waals surface area contributed by atoms with Crippen LogP contribution in [0.3, 0.4) is 0 Å². The lowest BCUT2D eigenvalue weighted by Gasteiger charge is -2.31. The number of hydrogen-bond acceptors (Lipinski definition) is 3. The number of rotatable bonds is 3. The van der Waals surface area contributed by atoms with Crippen molar-refractivity contribution in [1.29, 1.82) is 0 Å². The topological polar surface area (TPSA) is 73.6 Å². The third-order valence-corrected chi connectivity index (χ3v) is 6.03. The van der Waals surface area contributed by atoms with Crippen molar-refractivity contribution in [3.05, 3.63) is 35.5 Å². The Kier molecular flexibility index (Phi) is 5.42. The summed E-state index contributed by atoms with van der Waals surface area (Å²) in [5.41, 5.74) is 4.00. The second-order valence-corrected chi connectivity index (χ2v) is 7.92. The van der Waals surface area contributed by atoms with E-state index in [-0.39, 0.29) is 5.82 Å². The molecule has 30 heavy (non-hydrogen) atoms. The number of piperidine rings is 1. The molecule has 1 fully saturated rings. The van der Waals surface area contributed by atoms with Crippen LogP contribution >= 0.6 is 0 Å². The highest BCUT2D eigenvalue weighted by Gasteiger charge is 2.24. The van der Waals surface area contributed by atoms with Crippen LogP contribution in [0.15, 0.2) is 28.3 Å². The van der Waals surface area contributed by atoms with E-state index in [0.717, 1.165) is 59.8 Å². The van der Waals surface area contributed by atoms with E-state index in [2.05, 4.69) is 54.6 Å². The van der Waals surface area contributed by atoms with Gasteiger partial charge < -0.3 is 19.8 Å². The molecule has 1 saturated heterocycles. The molecule has 0 unspecified atom stereocenters. The molecule has 1 aliphatic heterocycles. The molecule has 3 heterocycles. The molecule has 4 rings (SSSR count). The maximum absolute atomic E-state index is 15.1. The van der Waals surface area contributed by atoms with Crippen molar-refractivity contribution in [1.82, 2.24) is 19.4 Å². The summed E-state index contributed by atoms with van der Waals surface area (Å²) in [6.07, 6.45) is 3.96. The number of benzene rings is 1. The van der Waals surface area contributed by atoms with Crippen LogP contribution in [-0.2, 0) is 0 Å². The number of nitrogens with zero attached hydrogens (tertiary/aromatic N) is 5. The van der Waals surface area contributed by atoms with E-state index in [1.54, 1.807) is 13.1 Å². The lowest BCUT2D eigenvalue weighted by Crippen LogP contribution is -2.31. The van der Waals surface area contributed by atoms with Crippen LogP contribution < -0.4 is 5.32 Å². The van der Waals surface area contributed by atoms with E-state index in [0.29, 0.717) is 17.5 Å². The normalized spacial score (nSPS) is 16.4. The number of fused-ring (bicyclic) bond motifs is 1. The number of aryl methyl sites for hydroxylation is 1. The van der Waals surface area contributed by atoms with Gasteiger partial charge >= 0.3 is 0 Å². The van der Waals surface area contributed by atoms with Crippen LogP contribution in [0.4, 0.5) is 10.2 Å². The quantitative estimate of drug-likeness (QED) is 0.504. The molecule has 8 heteroatoms. The van der Waals surface area contributed by atoms with Gasteiger partial charge in [-0.1, -0.05) is 0 Å². The number of aromatic nitrogens is 3. The molecule has 0 radical (unpaired) electrons. The van der Waals surface area contributed by atoms with Gasteiger partial charge in [0.25, 0.3) is 0 Å². The first-order chi connectivity index (χ1) is 14.4. The molecule has 2 N–H and O–H groups in total. The molecule has 1 aliphatic rings. The Bertz CT molecular complexity index is 1120. The fraction of sp³-hybridized carbons (Fsp3) is 0.409. The van der Waals surface area contributed by atoms with Gasteiger partial charge in [0, 0.05) is 24.8 Å². The van der Waals surface area contributed by atoms with Gasteiger partial charge in [-0.15, -0.1) is 0 Å². The Hall–Kier alpha value is -3.00. The highest BCUT2D eigenvalue weighted by Crippen LogP contribution is 2.35. The smallest absolute Gasteiger partial charge is 0.222 e. The van der Waals surface area contributed by atoms with E-state index >= 15 is 4.39 Å². The number of aliphatic imine (C=N–C) groups is 2. The zero-order valence-electron chi connectivity index (χ0n) is 18.0. The predicted molar refractivity (Wildman–Crippen MR) is 121 cm³/mol. The Balaban J connectivity index is 1.77. The summed E-state index contributed by atoms with van der Waals surface area (Å²) in [6, 6.07) is 3.96. The minimum atomic E-state index is -0.295. The molecule has 7 nitrogen and oxygen atoms in total. The lowest BCUT2D eigenvalue weighted by molar-refractivity contribution is 0.222. The number of nitrogens with one attached hydrogen (secondary N) is 2. The van der Waals surface area contributed by atoms with E-state index < -0.39 is 0 Å². The number of H-pyrrole nitrogens is 1. The first kappa shape index (κ1) is 20.3. The lowest BCUT2D eigenvalue weighted by atomic mass is 10.0. The van der Waals surface area contributed by atoms with Gasteiger partial charge in [0.15, 0.2) is 5.82 Å². The molecular formula is C22H28FN7. The van der Waals surface area contributed by atoms with Crippen LogP contribution in [0.1, 0.15) is 30.3 Å². The molecule has 0 amide bonds.